The number of rotatable bonds is 3. The molecule has 5 rings (SSSR count). The molecule has 0 bridgehead atoms. The number of aromatic nitrogens is 2. The number of benzene rings is 1. The zero-order chi connectivity index (χ0) is 24.4. The van der Waals surface area contributed by atoms with Gasteiger partial charge in [0.2, 0.25) is 0 Å². The lowest BCUT2D eigenvalue weighted by Gasteiger charge is -2.40. The normalized spacial score (nSPS) is 23.5. The molecule has 34 heavy (non-hydrogen) atoms. The van der Waals surface area contributed by atoms with Crippen molar-refractivity contribution in [2.75, 3.05) is 26.2 Å². The van der Waals surface area contributed by atoms with E-state index in [9.17, 15) is 23.5 Å². The second kappa shape index (κ2) is 8.04. The number of piperazine rings is 1. The zero-order valence-electron chi connectivity index (χ0n) is 19.4. The Balaban J connectivity index is 1.42. The Bertz CT molecular complexity index is 1160. The highest BCUT2D eigenvalue weighted by molar-refractivity contribution is 5.95. The van der Waals surface area contributed by atoms with Gasteiger partial charge in [0.15, 0.2) is 11.5 Å². The number of hydrogen-bond acceptors (Lipinski definition) is 5. The Hall–Kier alpha value is -3.01. The van der Waals surface area contributed by atoms with Gasteiger partial charge in [0.1, 0.15) is 17.1 Å². The average Bonchev–Trinajstić information content (AvgIpc) is 3.27. The largest absolute Gasteiger partial charge is 0.444 e. The zero-order valence-corrected chi connectivity index (χ0v) is 19.4. The highest BCUT2D eigenvalue weighted by Crippen LogP contribution is 2.57. The molecule has 1 aromatic carbocycles. The predicted octanol–water partition coefficient (Wildman–Crippen LogP) is 2.86. The van der Waals surface area contributed by atoms with E-state index in [2.05, 4.69) is 5.10 Å². The van der Waals surface area contributed by atoms with E-state index in [4.69, 9.17) is 4.74 Å². The number of carbonyl (C=O) groups is 2. The lowest BCUT2D eigenvalue weighted by atomic mass is 10.1. The van der Waals surface area contributed by atoms with Gasteiger partial charge in [-0.3, -0.25) is 4.79 Å². The first kappa shape index (κ1) is 22.8. The fourth-order valence-corrected chi connectivity index (χ4v) is 5.03. The Morgan fingerprint density at radius 2 is 2.00 bits per heavy atom. The predicted molar refractivity (Wildman–Crippen MR) is 118 cm³/mol. The smallest absolute Gasteiger partial charge is 0.410 e. The number of halogens is 2. The summed E-state index contributed by atoms with van der Waals surface area (Å²) in [6, 6.07) is 2.69. The van der Waals surface area contributed by atoms with Crippen LogP contribution in [0.15, 0.2) is 18.2 Å². The molecule has 2 aromatic rings. The van der Waals surface area contributed by atoms with Crippen LogP contribution >= 0.6 is 0 Å². The van der Waals surface area contributed by atoms with Crippen LogP contribution in [0.3, 0.4) is 0 Å². The summed E-state index contributed by atoms with van der Waals surface area (Å²) in [7, 11) is 0. The molecule has 10 heteroatoms. The van der Waals surface area contributed by atoms with Crippen LogP contribution in [-0.4, -0.2) is 74.6 Å². The van der Waals surface area contributed by atoms with Crippen molar-refractivity contribution in [1.29, 1.82) is 0 Å². The van der Waals surface area contributed by atoms with Crippen molar-refractivity contribution in [3.8, 4) is 5.69 Å². The Kier molecular flexibility index (Phi) is 5.38. The maximum Gasteiger partial charge on any atom is 0.410 e. The van der Waals surface area contributed by atoms with Crippen LogP contribution in [0.4, 0.5) is 13.6 Å². The molecule has 1 saturated heterocycles. The first-order valence-electron chi connectivity index (χ1n) is 11.5. The molecular formula is C24H28F2N4O4. The summed E-state index contributed by atoms with van der Waals surface area (Å²) in [5.41, 5.74) is 1.30. The topological polar surface area (TPSA) is 87.9 Å². The van der Waals surface area contributed by atoms with Crippen molar-refractivity contribution in [3.63, 3.8) is 0 Å². The summed E-state index contributed by atoms with van der Waals surface area (Å²) in [5.74, 6) is -1.16. The maximum atomic E-state index is 14.6. The second-order valence-corrected chi connectivity index (χ2v) is 10.3. The number of carbonyl (C=O) groups excluding carboxylic acids is 2. The highest BCUT2D eigenvalue weighted by atomic mass is 19.1. The van der Waals surface area contributed by atoms with E-state index < -0.39 is 29.4 Å². The third-order valence-electron chi connectivity index (χ3n) is 6.71. The third-order valence-corrected chi connectivity index (χ3v) is 6.71. The lowest BCUT2D eigenvalue weighted by Crippen LogP contribution is -2.58. The Morgan fingerprint density at radius 1 is 1.24 bits per heavy atom. The van der Waals surface area contributed by atoms with Crippen molar-refractivity contribution in [2.24, 2.45) is 5.92 Å². The summed E-state index contributed by atoms with van der Waals surface area (Å²) in [6.45, 7) is 5.61. The van der Waals surface area contributed by atoms with Crippen LogP contribution in [0.25, 0.3) is 5.69 Å². The quantitative estimate of drug-likeness (QED) is 0.739. The van der Waals surface area contributed by atoms with Crippen LogP contribution in [0.1, 0.15) is 54.9 Å². The summed E-state index contributed by atoms with van der Waals surface area (Å²) >= 11 is 0. The molecule has 2 heterocycles. The Labute approximate surface area is 196 Å². The molecule has 182 valence electrons. The van der Waals surface area contributed by atoms with Crippen LogP contribution in [0, 0.1) is 17.6 Å². The van der Waals surface area contributed by atoms with Crippen LogP contribution in [0.2, 0.25) is 0 Å². The molecule has 2 fully saturated rings. The van der Waals surface area contributed by atoms with Crippen molar-refractivity contribution >= 4 is 12.0 Å². The molecule has 3 aliphatic rings. The number of amides is 2. The minimum Gasteiger partial charge on any atom is -0.444 e. The number of ether oxygens (including phenoxy) is 1. The van der Waals surface area contributed by atoms with E-state index >= 15 is 0 Å². The monoisotopic (exact) mass is 474 g/mol. The molecule has 1 N–H and O–H groups in total. The van der Waals surface area contributed by atoms with Gasteiger partial charge in [-0.1, -0.05) is 0 Å². The molecule has 0 spiro atoms. The van der Waals surface area contributed by atoms with Crippen molar-refractivity contribution in [1.82, 2.24) is 19.6 Å². The average molecular weight is 475 g/mol. The lowest BCUT2D eigenvalue weighted by molar-refractivity contribution is -0.00261. The summed E-state index contributed by atoms with van der Waals surface area (Å²) in [5, 5.41) is 14.5. The standard InChI is InChI=1S/C24H28F2N4O4/c1-24(2,3)34-23(33)28-6-7-29(15(11-28)12-31)22(32)20-17-9-13-8-16(13)21(17)30(27-20)19-5-4-14(25)10-18(19)26/h4-5,10,13,15-16,31H,6-9,11-12H2,1-3H3/t13-,15?,16-/m1/s1. The molecular weight excluding hydrogens is 446 g/mol. The fraction of sp³-hybridized carbons (Fsp3) is 0.542. The van der Waals surface area contributed by atoms with Gasteiger partial charge in [-0.15, -0.1) is 0 Å². The maximum absolute atomic E-state index is 14.6. The summed E-state index contributed by atoms with van der Waals surface area (Å²) in [4.78, 5) is 29.1. The molecule has 1 aliphatic heterocycles. The van der Waals surface area contributed by atoms with Crippen LogP contribution < -0.4 is 0 Å². The number of hydrogen-bond donors (Lipinski definition) is 1. The number of aliphatic hydroxyl groups is 1. The third kappa shape index (κ3) is 3.93. The molecule has 1 aromatic heterocycles. The first-order valence-corrected chi connectivity index (χ1v) is 11.5. The molecule has 1 unspecified atom stereocenters. The van der Waals surface area contributed by atoms with Crippen molar-refractivity contribution in [2.45, 2.75) is 51.2 Å². The van der Waals surface area contributed by atoms with Gasteiger partial charge in [-0.2, -0.15) is 5.10 Å². The van der Waals surface area contributed by atoms with Crippen LogP contribution in [0.5, 0.6) is 0 Å². The fourth-order valence-electron chi connectivity index (χ4n) is 5.03. The molecule has 3 atom stereocenters. The van der Waals surface area contributed by atoms with Gasteiger partial charge in [0.25, 0.3) is 5.91 Å². The Morgan fingerprint density at radius 3 is 2.68 bits per heavy atom. The summed E-state index contributed by atoms with van der Waals surface area (Å²) < 4.78 is 34.9. The molecule has 8 nitrogen and oxygen atoms in total. The number of fused-ring (bicyclic) bond motifs is 3. The highest BCUT2D eigenvalue weighted by Gasteiger charge is 2.51. The van der Waals surface area contributed by atoms with Gasteiger partial charge >= 0.3 is 6.09 Å². The van der Waals surface area contributed by atoms with Gasteiger partial charge in [-0.05, 0) is 51.7 Å². The van der Waals surface area contributed by atoms with Gasteiger partial charge in [0, 0.05) is 37.2 Å². The van der Waals surface area contributed by atoms with Gasteiger partial charge < -0.3 is 19.6 Å². The summed E-state index contributed by atoms with van der Waals surface area (Å²) in [6.07, 6.45) is 1.16. The van der Waals surface area contributed by atoms with E-state index in [-0.39, 0.29) is 49.4 Å². The SMILES string of the molecule is CC(C)(C)OC(=O)N1CCN(C(=O)c2nn(-c3ccc(F)cc3F)c3c2C[C@H]2C[C@@H]32)C(CO)C1. The van der Waals surface area contributed by atoms with E-state index in [0.717, 1.165) is 23.7 Å². The molecule has 2 aliphatic carbocycles. The number of nitrogens with zero attached hydrogens (tertiary/aromatic N) is 4. The number of aliphatic hydroxyl groups excluding tert-OH is 1. The molecule has 1 saturated carbocycles. The van der Waals surface area contributed by atoms with Gasteiger partial charge in [0.05, 0.1) is 18.3 Å². The van der Waals surface area contributed by atoms with E-state index in [1.807, 2.05) is 0 Å². The van der Waals surface area contributed by atoms with Gasteiger partial charge in [-0.25, -0.2) is 18.3 Å². The van der Waals surface area contributed by atoms with E-state index in [1.165, 1.54) is 26.6 Å². The second-order valence-electron chi connectivity index (χ2n) is 10.3. The minimum absolute atomic E-state index is 0.109. The molecule has 2 amide bonds. The first-order chi connectivity index (χ1) is 16.1. The van der Waals surface area contributed by atoms with Crippen molar-refractivity contribution < 1.29 is 28.2 Å². The minimum atomic E-state index is -0.743. The molecule has 0 radical (unpaired) electrons. The van der Waals surface area contributed by atoms with Crippen molar-refractivity contribution in [3.05, 3.63) is 46.8 Å². The van der Waals surface area contributed by atoms with E-state index in [1.54, 1.807) is 20.8 Å². The van der Waals surface area contributed by atoms with Crippen LogP contribution in [-0.2, 0) is 11.2 Å². The van der Waals surface area contributed by atoms with E-state index in [0.29, 0.717) is 12.3 Å².